The van der Waals surface area contributed by atoms with Gasteiger partial charge in [-0.1, -0.05) is 6.07 Å². The molecule has 2 rings (SSSR count). The second kappa shape index (κ2) is 3.58. The smallest absolute Gasteiger partial charge is 0.250 e. The summed E-state index contributed by atoms with van der Waals surface area (Å²) in [6.45, 7) is 2.61. The molecule has 1 atom stereocenters. The third-order valence-corrected chi connectivity index (χ3v) is 2.89. The van der Waals surface area contributed by atoms with Gasteiger partial charge in [0, 0.05) is 24.3 Å². The second-order valence-corrected chi connectivity index (χ2v) is 4.12. The first-order valence-electron chi connectivity index (χ1n) is 5.10. The van der Waals surface area contributed by atoms with Crippen LogP contribution in [0.4, 0.5) is 0 Å². The Hall–Kier alpha value is -1.09. The summed E-state index contributed by atoms with van der Waals surface area (Å²) < 4.78 is 1.77. The van der Waals surface area contributed by atoms with Crippen molar-refractivity contribution in [2.75, 3.05) is 0 Å². The van der Waals surface area contributed by atoms with Crippen LogP contribution in [-0.2, 0) is 6.54 Å². The van der Waals surface area contributed by atoms with Crippen molar-refractivity contribution in [3.05, 3.63) is 34.2 Å². The lowest BCUT2D eigenvalue weighted by Crippen LogP contribution is -2.34. The summed E-state index contributed by atoms with van der Waals surface area (Å²) in [6, 6.07) is 5.47. The van der Waals surface area contributed by atoms with E-state index in [1.165, 1.54) is 12.8 Å². The summed E-state index contributed by atoms with van der Waals surface area (Å²) in [4.78, 5) is 11.5. The van der Waals surface area contributed by atoms with Crippen molar-refractivity contribution in [2.45, 2.75) is 32.4 Å². The maximum absolute atomic E-state index is 11.5. The maximum atomic E-state index is 11.5. The molecular formula is C11H16N2O. The van der Waals surface area contributed by atoms with Crippen molar-refractivity contribution in [2.24, 2.45) is 11.7 Å². The van der Waals surface area contributed by atoms with Gasteiger partial charge >= 0.3 is 0 Å². The topological polar surface area (TPSA) is 48.0 Å². The predicted octanol–water partition coefficient (Wildman–Crippen LogP) is 0.894. The minimum absolute atomic E-state index is 0.0566. The van der Waals surface area contributed by atoms with Crippen molar-refractivity contribution in [3.63, 3.8) is 0 Å². The van der Waals surface area contributed by atoms with E-state index in [0.29, 0.717) is 12.5 Å². The fourth-order valence-corrected chi connectivity index (χ4v) is 1.74. The molecular weight excluding hydrogens is 176 g/mol. The standard InChI is InChI=1S/C11H16N2O/c1-8-3-2-4-11(14)13(8)7-10(12)9-5-6-9/h2-4,9-10H,5-7,12H2,1H3. The van der Waals surface area contributed by atoms with E-state index in [-0.39, 0.29) is 11.6 Å². The largest absolute Gasteiger partial charge is 0.326 e. The van der Waals surface area contributed by atoms with Gasteiger partial charge in [-0.2, -0.15) is 0 Å². The van der Waals surface area contributed by atoms with Crippen LogP contribution in [0.1, 0.15) is 18.5 Å². The number of nitrogens with zero attached hydrogens (tertiary/aromatic N) is 1. The van der Waals surface area contributed by atoms with Gasteiger partial charge in [-0.15, -0.1) is 0 Å². The highest BCUT2D eigenvalue weighted by Gasteiger charge is 2.28. The Kier molecular flexibility index (Phi) is 2.42. The molecule has 14 heavy (non-hydrogen) atoms. The zero-order valence-electron chi connectivity index (χ0n) is 8.44. The van der Waals surface area contributed by atoms with Gasteiger partial charge in [0.1, 0.15) is 0 Å². The summed E-state index contributed by atoms with van der Waals surface area (Å²) in [6.07, 6.45) is 2.45. The number of nitrogens with two attached hydrogens (primary N) is 1. The Morgan fingerprint density at radius 2 is 2.29 bits per heavy atom. The van der Waals surface area contributed by atoms with Gasteiger partial charge in [0.2, 0.25) is 0 Å². The number of pyridine rings is 1. The Bertz CT molecular complexity index is 379. The highest BCUT2D eigenvalue weighted by Crippen LogP contribution is 2.32. The average Bonchev–Trinajstić information content (AvgIpc) is 2.94. The maximum Gasteiger partial charge on any atom is 0.250 e. The molecule has 0 bridgehead atoms. The van der Waals surface area contributed by atoms with Gasteiger partial charge in [-0.3, -0.25) is 4.79 Å². The molecule has 1 saturated carbocycles. The van der Waals surface area contributed by atoms with E-state index >= 15 is 0 Å². The van der Waals surface area contributed by atoms with Gasteiger partial charge < -0.3 is 10.3 Å². The van der Waals surface area contributed by atoms with E-state index < -0.39 is 0 Å². The first kappa shape index (κ1) is 9.46. The quantitative estimate of drug-likeness (QED) is 0.773. The number of hydrogen-bond donors (Lipinski definition) is 1. The molecule has 0 spiro atoms. The second-order valence-electron chi connectivity index (χ2n) is 4.12. The summed E-state index contributed by atoms with van der Waals surface area (Å²) in [5.74, 6) is 0.640. The van der Waals surface area contributed by atoms with Crippen molar-refractivity contribution in [3.8, 4) is 0 Å². The van der Waals surface area contributed by atoms with E-state index in [9.17, 15) is 4.79 Å². The fourth-order valence-electron chi connectivity index (χ4n) is 1.74. The lowest BCUT2D eigenvalue weighted by molar-refractivity contribution is 0.486. The molecule has 1 aromatic rings. The van der Waals surface area contributed by atoms with Crippen LogP contribution < -0.4 is 11.3 Å². The molecule has 3 heteroatoms. The molecule has 1 aromatic heterocycles. The van der Waals surface area contributed by atoms with Crippen molar-refractivity contribution < 1.29 is 0 Å². The van der Waals surface area contributed by atoms with Gasteiger partial charge in [-0.25, -0.2) is 0 Å². The lowest BCUT2D eigenvalue weighted by Gasteiger charge is -2.14. The molecule has 0 saturated heterocycles. The fraction of sp³-hybridized carbons (Fsp3) is 0.545. The van der Waals surface area contributed by atoms with Crippen molar-refractivity contribution >= 4 is 0 Å². The molecule has 2 N–H and O–H groups in total. The summed E-state index contributed by atoms with van der Waals surface area (Å²) in [5.41, 5.74) is 7.04. The van der Waals surface area contributed by atoms with Gasteiger partial charge in [0.25, 0.3) is 5.56 Å². The molecule has 0 radical (unpaired) electrons. The van der Waals surface area contributed by atoms with Crippen LogP contribution in [-0.4, -0.2) is 10.6 Å². The summed E-state index contributed by atoms with van der Waals surface area (Å²) in [7, 11) is 0. The van der Waals surface area contributed by atoms with E-state index in [2.05, 4.69) is 0 Å². The van der Waals surface area contributed by atoms with E-state index in [0.717, 1.165) is 5.69 Å². The van der Waals surface area contributed by atoms with Crippen LogP contribution in [0.3, 0.4) is 0 Å². The number of aryl methyl sites for hydroxylation is 1. The van der Waals surface area contributed by atoms with E-state index in [1.807, 2.05) is 13.0 Å². The van der Waals surface area contributed by atoms with E-state index in [4.69, 9.17) is 5.73 Å². The molecule has 0 amide bonds. The number of aromatic nitrogens is 1. The molecule has 1 heterocycles. The van der Waals surface area contributed by atoms with Crippen molar-refractivity contribution in [1.82, 2.24) is 4.57 Å². The minimum Gasteiger partial charge on any atom is -0.326 e. The molecule has 3 nitrogen and oxygen atoms in total. The first-order chi connectivity index (χ1) is 6.68. The normalized spacial score (nSPS) is 18.1. The van der Waals surface area contributed by atoms with Crippen LogP contribution in [0.2, 0.25) is 0 Å². The first-order valence-corrected chi connectivity index (χ1v) is 5.10. The van der Waals surface area contributed by atoms with Crippen molar-refractivity contribution in [1.29, 1.82) is 0 Å². The molecule has 1 aliphatic carbocycles. The molecule has 1 aliphatic rings. The molecule has 1 fully saturated rings. The Balaban J connectivity index is 2.18. The Labute approximate surface area is 83.5 Å². The van der Waals surface area contributed by atoms with Crippen LogP contribution in [0.5, 0.6) is 0 Å². The minimum atomic E-state index is 0.0566. The summed E-state index contributed by atoms with van der Waals surface area (Å²) >= 11 is 0. The lowest BCUT2D eigenvalue weighted by atomic mass is 10.2. The van der Waals surface area contributed by atoms with Crippen LogP contribution in [0.15, 0.2) is 23.0 Å². The van der Waals surface area contributed by atoms with Crippen LogP contribution >= 0.6 is 0 Å². The monoisotopic (exact) mass is 192 g/mol. The van der Waals surface area contributed by atoms with Gasteiger partial charge in [0.15, 0.2) is 0 Å². The van der Waals surface area contributed by atoms with Crippen LogP contribution in [0.25, 0.3) is 0 Å². The van der Waals surface area contributed by atoms with Gasteiger partial charge in [0.05, 0.1) is 0 Å². The number of rotatable bonds is 3. The summed E-state index contributed by atoms with van der Waals surface area (Å²) in [5, 5.41) is 0. The molecule has 1 unspecified atom stereocenters. The van der Waals surface area contributed by atoms with E-state index in [1.54, 1.807) is 16.7 Å². The molecule has 0 aliphatic heterocycles. The Morgan fingerprint density at radius 3 is 2.86 bits per heavy atom. The highest BCUT2D eigenvalue weighted by molar-refractivity contribution is 5.05. The Morgan fingerprint density at radius 1 is 1.57 bits per heavy atom. The highest BCUT2D eigenvalue weighted by atomic mass is 16.1. The number of hydrogen-bond acceptors (Lipinski definition) is 2. The predicted molar refractivity (Wildman–Crippen MR) is 56.1 cm³/mol. The SMILES string of the molecule is Cc1cccc(=O)n1CC(N)C1CC1. The third kappa shape index (κ3) is 1.87. The van der Waals surface area contributed by atoms with Crippen LogP contribution in [0, 0.1) is 12.8 Å². The zero-order valence-corrected chi connectivity index (χ0v) is 8.44. The van der Waals surface area contributed by atoms with Gasteiger partial charge in [-0.05, 0) is 31.7 Å². The average molecular weight is 192 g/mol. The third-order valence-electron chi connectivity index (χ3n) is 2.89. The molecule has 76 valence electrons. The zero-order chi connectivity index (χ0) is 10.1. The molecule has 0 aromatic carbocycles.